The minimum absolute atomic E-state index is 0.591. The fourth-order valence-corrected chi connectivity index (χ4v) is 1.91. The van der Waals surface area contributed by atoms with E-state index in [9.17, 15) is 13.2 Å². The van der Waals surface area contributed by atoms with Gasteiger partial charge in [0.1, 0.15) is 0 Å². The molecule has 0 aliphatic carbocycles. The van der Waals surface area contributed by atoms with Gasteiger partial charge in [0.2, 0.25) is 0 Å². The first kappa shape index (κ1) is 11.9. The van der Waals surface area contributed by atoms with Crippen molar-refractivity contribution >= 4 is 10.9 Å². The average molecular weight is 239 g/mol. The standard InChI is InChI=1S/C13H12F3N/c1-3-9-6-8(2)17-12-5-4-10(7-11(9)12)13(14,15)16/h4-7H,3H2,1-2H3. The van der Waals surface area contributed by atoms with Crippen LogP contribution in [0.1, 0.15) is 23.7 Å². The van der Waals surface area contributed by atoms with E-state index in [1.54, 1.807) is 0 Å². The molecule has 1 aromatic carbocycles. The predicted molar refractivity (Wildman–Crippen MR) is 60.9 cm³/mol. The normalized spacial score (nSPS) is 12.1. The summed E-state index contributed by atoms with van der Waals surface area (Å²) in [5.74, 6) is 0. The first-order valence-corrected chi connectivity index (χ1v) is 5.39. The van der Waals surface area contributed by atoms with Gasteiger partial charge in [-0.25, -0.2) is 0 Å². The molecule has 4 heteroatoms. The number of pyridine rings is 1. The molecule has 1 nitrogen and oxygen atoms in total. The van der Waals surface area contributed by atoms with E-state index in [1.165, 1.54) is 12.1 Å². The van der Waals surface area contributed by atoms with Gasteiger partial charge >= 0.3 is 6.18 Å². The van der Waals surface area contributed by atoms with Crippen molar-refractivity contribution in [2.24, 2.45) is 0 Å². The lowest BCUT2D eigenvalue weighted by Crippen LogP contribution is -2.05. The van der Waals surface area contributed by atoms with Crippen LogP contribution in [-0.2, 0) is 12.6 Å². The lowest BCUT2D eigenvalue weighted by molar-refractivity contribution is -0.137. The highest BCUT2D eigenvalue weighted by atomic mass is 19.4. The zero-order chi connectivity index (χ0) is 12.6. The highest BCUT2D eigenvalue weighted by Crippen LogP contribution is 2.32. The van der Waals surface area contributed by atoms with Crippen LogP contribution in [0.3, 0.4) is 0 Å². The van der Waals surface area contributed by atoms with Crippen molar-refractivity contribution < 1.29 is 13.2 Å². The van der Waals surface area contributed by atoms with Crippen molar-refractivity contribution in [2.75, 3.05) is 0 Å². The minimum Gasteiger partial charge on any atom is -0.253 e. The molecule has 0 atom stereocenters. The number of nitrogens with zero attached hydrogens (tertiary/aromatic N) is 1. The molecule has 1 aromatic heterocycles. The van der Waals surface area contributed by atoms with Gasteiger partial charge < -0.3 is 0 Å². The van der Waals surface area contributed by atoms with Gasteiger partial charge in [0.05, 0.1) is 11.1 Å². The van der Waals surface area contributed by atoms with Crippen LogP contribution in [0.15, 0.2) is 24.3 Å². The van der Waals surface area contributed by atoms with Gasteiger partial charge in [0.15, 0.2) is 0 Å². The monoisotopic (exact) mass is 239 g/mol. The van der Waals surface area contributed by atoms with Crippen LogP contribution in [0.2, 0.25) is 0 Å². The number of fused-ring (bicyclic) bond motifs is 1. The molecule has 90 valence electrons. The second kappa shape index (κ2) is 4.02. The Morgan fingerprint density at radius 1 is 1.18 bits per heavy atom. The zero-order valence-electron chi connectivity index (χ0n) is 9.60. The maximum Gasteiger partial charge on any atom is 0.416 e. The van der Waals surface area contributed by atoms with E-state index in [0.29, 0.717) is 17.3 Å². The SMILES string of the molecule is CCc1cc(C)nc2ccc(C(F)(F)F)cc12. The van der Waals surface area contributed by atoms with E-state index in [-0.39, 0.29) is 0 Å². The topological polar surface area (TPSA) is 12.9 Å². The molecule has 0 fully saturated rings. The van der Waals surface area contributed by atoms with E-state index in [1.807, 2.05) is 19.9 Å². The Balaban J connectivity index is 2.72. The smallest absolute Gasteiger partial charge is 0.253 e. The van der Waals surface area contributed by atoms with Crippen LogP contribution in [0.25, 0.3) is 10.9 Å². The van der Waals surface area contributed by atoms with Crippen molar-refractivity contribution in [2.45, 2.75) is 26.4 Å². The maximum atomic E-state index is 12.6. The van der Waals surface area contributed by atoms with E-state index in [0.717, 1.165) is 17.3 Å². The fraction of sp³-hybridized carbons (Fsp3) is 0.308. The van der Waals surface area contributed by atoms with Gasteiger partial charge in [-0.1, -0.05) is 6.92 Å². The van der Waals surface area contributed by atoms with Gasteiger partial charge in [-0.15, -0.1) is 0 Å². The van der Waals surface area contributed by atoms with Gasteiger partial charge in [-0.05, 0) is 43.2 Å². The van der Waals surface area contributed by atoms with E-state index in [4.69, 9.17) is 0 Å². The average Bonchev–Trinajstić information content (AvgIpc) is 2.25. The van der Waals surface area contributed by atoms with Crippen LogP contribution in [0, 0.1) is 6.92 Å². The summed E-state index contributed by atoms with van der Waals surface area (Å²) in [6.45, 7) is 3.77. The Labute approximate surface area is 97.3 Å². The first-order valence-electron chi connectivity index (χ1n) is 5.39. The molecule has 0 saturated heterocycles. The third-order valence-corrected chi connectivity index (χ3v) is 2.73. The third kappa shape index (κ3) is 2.25. The molecule has 0 aliphatic rings. The van der Waals surface area contributed by atoms with Crippen molar-refractivity contribution in [3.63, 3.8) is 0 Å². The van der Waals surface area contributed by atoms with Crippen molar-refractivity contribution in [3.05, 3.63) is 41.1 Å². The third-order valence-electron chi connectivity index (χ3n) is 2.73. The molecular formula is C13H12F3N. The number of alkyl halides is 3. The second-order valence-corrected chi connectivity index (χ2v) is 4.01. The predicted octanol–water partition coefficient (Wildman–Crippen LogP) is 4.12. The van der Waals surface area contributed by atoms with Crippen molar-refractivity contribution in [1.82, 2.24) is 4.98 Å². The summed E-state index contributed by atoms with van der Waals surface area (Å²) >= 11 is 0. The molecule has 0 N–H and O–H groups in total. The molecule has 0 spiro atoms. The molecule has 0 amide bonds. The van der Waals surface area contributed by atoms with E-state index >= 15 is 0 Å². The minimum atomic E-state index is -4.30. The summed E-state index contributed by atoms with van der Waals surface area (Å²) in [6, 6.07) is 5.53. The summed E-state index contributed by atoms with van der Waals surface area (Å²) in [4.78, 5) is 4.24. The number of halogens is 3. The zero-order valence-corrected chi connectivity index (χ0v) is 9.60. The summed E-state index contributed by atoms with van der Waals surface area (Å²) < 4.78 is 37.8. The van der Waals surface area contributed by atoms with E-state index < -0.39 is 11.7 Å². The fourth-order valence-electron chi connectivity index (χ4n) is 1.91. The molecule has 0 saturated carbocycles. The summed E-state index contributed by atoms with van der Waals surface area (Å²) in [6.07, 6.45) is -3.61. The molecule has 2 rings (SSSR count). The number of hydrogen-bond acceptors (Lipinski definition) is 1. The van der Waals surface area contributed by atoms with Gasteiger partial charge in [-0.2, -0.15) is 13.2 Å². The Kier molecular flexibility index (Phi) is 2.81. The van der Waals surface area contributed by atoms with Crippen LogP contribution in [0.5, 0.6) is 0 Å². The second-order valence-electron chi connectivity index (χ2n) is 4.01. The summed E-state index contributed by atoms with van der Waals surface area (Å²) in [7, 11) is 0. The molecule has 0 aliphatic heterocycles. The summed E-state index contributed by atoms with van der Waals surface area (Å²) in [5, 5.41) is 0.591. The van der Waals surface area contributed by atoms with Gasteiger partial charge in [0, 0.05) is 11.1 Å². The lowest BCUT2D eigenvalue weighted by atomic mass is 10.0. The molecule has 2 aromatic rings. The quantitative estimate of drug-likeness (QED) is 0.729. The van der Waals surface area contributed by atoms with Crippen molar-refractivity contribution in [3.8, 4) is 0 Å². The largest absolute Gasteiger partial charge is 0.416 e. The maximum absolute atomic E-state index is 12.6. The van der Waals surface area contributed by atoms with Crippen LogP contribution < -0.4 is 0 Å². The Bertz CT molecular complexity index is 558. The van der Waals surface area contributed by atoms with Crippen LogP contribution >= 0.6 is 0 Å². The lowest BCUT2D eigenvalue weighted by Gasteiger charge is -2.10. The Morgan fingerprint density at radius 2 is 1.88 bits per heavy atom. The number of rotatable bonds is 1. The highest BCUT2D eigenvalue weighted by Gasteiger charge is 2.30. The molecular weight excluding hydrogens is 227 g/mol. The molecule has 0 bridgehead atoms. The van der Waals surface area contributed by atoms with Crippen molar-refractivity contribution in [1.29, 1.82) is 0 Å². The molecule has 0 radical (unpaired) electrons. The number of benzene rings is 1. The van der Waals surface area contributed by atoms with Gasteiger partial charge in [0.25, 0.3) is 0 Å². The first-order chi connectivity index (χ1) is 7.91. The Hall–Kier alpha value is -1.58. The number of aromatic nitrogens is 1. The highest BCUT2D eigenvalue weighted by molar-refractivity contribution is 5.83. The Morgan fingerprint density at radius 3 is 2.47 bits per heavy atom. The number of aryl methyl sites for hydroxylation is 2. The molecule has 1 heterocycles. The van der Waals surface area contributed by atoms with Gasteiger partial charge in [-0.3, -0.25) is 4.98 Å². The number of hydrogen-bond donors (Lipinski definition) is 0. The van der Waals surface area contributed by atoms with E-state index in [2.05, 4.69) is 4.98 Å². The summed E-state index contributed by atoms with van der Waals surface area (Å²) in [5.41, 5.74) is 1.73. The van der Waals surface area contributed by atoms with Crippen LogP contribution in [0.4, 0.5) is 13.2 Å². The molecule has 0 unspecified atom stereocenters. The van der Waals surface area contributed by atoms with Crippen LogP contribution in [-0.4, -0.2) is 4.98 Å². The molecule has 17 heavy (non-hydrogen) atoms.